The summed E-state index contributed by atoms with van der Waals surface area (Å²) in [7, 11) is -1.88. The molecule has 174 valence electrons. The number of nitrogens with zero attached hydrogens (tertiary/aromatic N) is 2. The molecular formula is C23H32N2O6Si. The number of non-ortho nitro benzene ring substituents is 2. The molecule has 0 aliphatic heterocycles. The normalized spacial score (nSPS) is 11.2. The van der Waals surface area contributed by atoms with Crippen molar-refractivity contribution >= 4 is 19.7 Å². The van der Waals surface area contributed by atoms with Gasteiger partial charge in [0.1, 0.15) is 6.61 Å². The third kappa shape index (κ3) is 7.76. The predicted molar refractivity (Wildman–Crippen MR) is 127 cm³/mol. The van der Waals surface area contributed by atoms with Gasteiger partial charge in [-0.15, -0.1) is 0 Å². The largest absolute Gasteiger partial charge is 0.415 e. The monoisotopic (exact) mass is 460 g/mol. The van der Waals surface area contributed by atoms with Gasteiger partial charge in [0.25, 0.3) is 11.4 Å². The zero-order valence-electron chi connectivity index (χ0n) is 19.6. The van der Waals surface area contributed by atoms with Crippen molar-refractivity contribution in [3.8, 4) is 23.7 Å². The summed E-state index contributed by atoms with van der Waals surface area (Å²) in [4.78, 5) is 20.5. The third-order valence-corrected chi connectivity index (χ3v) is 11.5. The van der Waals surface area contributed by atoms with Gasteiger partial charge in [0, 0.05) is 25.2 Å². The Balaban J connectivity index is 2.53. The quantitative estimate of drug-likeness (QED) is 0.140. The molecule has 0 aliphatic rings. The molecule has 0 aromatic heterocycles. The molecule has 32 heavy (non-hydrogen) atoms. The Bertz CT molecular complexity index is 868. The molecule has 0 N–H and O–H groups in total. The van der Waals surface area contributed by atoms with Gasteiger partial charge in [0.05, 0.1) is 22.5 Å². The number of nitro benzene ring substituents is 2. The van der Waals surface area contributed by atoms with E-state index in [2.05, 4.69) is 65.2 Å². The van der Waals surface area contributed by atoms with E-state index in [1.807, 2.05) is 0 Å². The number of rotatable bonds is 11. The first-order chi connectivity index (χ1) is 15.0. The first-order valence-electron chi connectivity index (χ1n) is 10.6. The Morgan fingerprint density at radius 1 is 0.875 bits per heavy atom. The number of benzene rings is 1. The smallest absolute Gasteiger partial charge is 0.276 e. The van der Waals surface area contributed by atoms with Crippen molar-refractivity contribution < 1.29 is 19.0 Å². The molecule has 8 nitrogen and oxygen atoms in total. The molecule has 9 heteroatoms. The van der Waals surface area contributed by atoms with E-state index < -0.39 is 18.2 Å². The van der Waals surface area contributed by atoms with E-state index in [0.717, 1.165) is 6.07 Å². The number of hydrogen-bond acceptors (Lipinski definition) is 6. The lowest BCUT2D eigenvalue weighted by atomic mass is 10.2. The van der Waals surface area contributed by atoms with Crippen LogP contribution < -0.4 is 0 Å². The average Bonchev–Trinajstić information content (AvgIpc) is 2.70. The summed E-state index contributed by atoms with van der Waals surface area (Å²) in [5, 5.41) is 21.8. The van der Waals surface area contributed by atoms with Gasteiger partial charge in [-0.2, -0.15) is 0 Å². The van der Waals surface area contributed by atoms with E-state index in [4.69, 9.17) is 9.16 Å². The van der Waals surface area contributed by atoms with Crippen LogP contribution in [0.5, 0.6) is 0 Å². The Labute approximate surface area is 191 Å². The van der Waals surface area contributed by atoms with Gasteiger partial charge in [-0.05, 0) is 34.0 Å². The molecule has 0 atom stereocenters. The van der Waals surface area contributed by atoms with Crippen molar-refractivity contribution in [1.82, 2.24) is 0 Å². The van der Waals surface area contributed by atoms with Crippen LogP contribution >= 0.6 is 0 Å². The first kappa shape index (κ1) is 27.3. The van der Waals surface area contributed by atoms with Crippen molar-refractivity contribution in [3.05, 3.63) is 44.0 Å². The molecule has 1 aromatic carbocycles. The van der Waals surface area contributed by atoms with Crippen LogP contribution in [0.3, 0.4) is 0 Å². The van der Waals surface area contributed by atoms with Crippen LogP contribution in [-0.4, -0.2) is 31.4 Å². The zero-order valence-corrected chi connectivity index (χ0v) is 20.6. The number of nitro groups is 2. The summed E-state index contributed by atoms with van der Waals surface area (Å²) in [6.07, 6.45) is 0.605. The summed E-state index contributed by atoms with van der Waals surface area (Å²) in [6.45, 7) is 14.1. The molecule has 0 amide bonds. The summed E-state index contributed by atoms with van der Waals surface area (Å²) >= 11 is 0. The highest BCUT2D eigenvalue weighted by Crippen LogP contribution is 2.42. The molecule has 0 saturated carbocycles. The predicted octanol–water partition coefficient (Wildman–Crippen LogP) is 5.61. The Kier molecular flexibility index (Phi) is 11.1. The van der Waals surface area contributed by atoms with Crippen molar-refractivity contribution in [1.29, 1.82) is 0 Å². The maximum atomic E-state index is 10.9. The molecule has 1 aromatic rings. The fourth-order valence-electron chi connectivity index (χ4n) is 4.14. The van der Waals surface area contributed by atoms with Gasteiger partial charge in [-0.3, -0.25) is 20.2 Å². The average molecular weight is 461 g/mol. The lowest BCUT2D eigenvalue weighted by molar-refractivity contribution is -0.394. The molecule has 0 bridgehead atoms. The van der Waals surface area contributed by atoms with E-state index in [1.54, 1.807) is 0 Å². The highest BCUT2D eigenvalue weighted by Gasteiger charge is 2.44. The van der Waals surface area contributed by atoms with Crippen LogP contribution in [0.15, 0.2) is 18.2 Å². The van der Waals surface area contributed by atoms with Crippen LogP contribution in [-0.2, 0) is 15.8 Å². The standard InChI is InChI=1S/C23H32N2O6Si/c1-18(2)32(19(3)4,20(5)6)31-13-11-9-7-8-10-12-30-17-21-14-22(24(26)27)16-23(15-21)25(28)29/h14-16,18-20H,11-13,17H2,1-6H3. The van der Waals surface area contributed by atoms with Gasteiger partial charge in [-0.1, -0.05) is 53.4 Å². The Morgan fingerprint density at radius 2 is 1.38 bits per heavy atom. The first-order valence-corrected chi connectivity index (χ1v) is 12.8. The van der Waals surface area contributed by atoms with E-state index in [1.165, 1.54) is 12.1 Å². The molecule has 0 aliphatic carbocycles. The molecule has 0 fully saturated rings. The molecule has 0 unspecified atom stereocenters. The maximum absolute atomic E-state index is 10.9. The summed E-state index contributed by atoms with van der Waals surface area (Å²) < 4.78 is 11.8. The van der Waals surface area contributed by atoms with Crippen LogP contribution in [0.25, 0.3) is 0 Å². The maximum Gasteiger partial charge on any atom is 0.276 e. The second kappa shape index (κ2) is 13.0. The van der Waals surface area contributed by atoms with Gasteiger partial charge < -0.3 is 9.16 Å². The minimum atomic E-state index is -1.88. The van der Waals surface area contributed by atoms with E-state index >= 15 is 0 Å². The van der Waals surface area contributed by atoms with Crippen LogP contribution in [0.1, 0.15) is 53.5 Å². The number of ether oxygens (including phenoxy) is 1. The molecule has 0 saturated heterocycles. The molecule has 1 rings (SSSR count). The van der Waals surface area contributed by atoms with E-state index in [-0.39, 0.29) is 24.6 Å². The minimum absolute atomic E-state index is 0.0230. The van der Waals surface area contributed by atoms with Gasteiger partial charge in [-0.25, -0.2) is 0 Å². The van der Waals surface area contributed by atoms with Crippen LogP contribution in [0, 0.1) is 43.9 Å². The SMILES string of the molecule is CC(C)[Si](OCCC#CC#CCOCc1cc([N+](=O)[O-])cc([N+](=O)[O-])c1)(C(C)C)C(C)C. The molecular weight excluding hydrogens is 428 g/mol. The Hall–Kier alpha value is -2.72. The molecule has 0 heterocycles. The van der Waals surface area contributed by atoms with Crippen molar-refractivity contribution in [2.45, 2.75) is 71.2 Å². The molecule has 0 radical (unpaired) electrons. The molecule has 0 spiro atoms. The van der Waals surface area contributed by atoms with Gasteiger partial charge >= 0.3 is 0 Å². The second-order valence-electron chi connectivity index (χ2n) is 8.38. The highest BCUT2D eigenvalue weighted by molar-refractivity contribution is 6.77. The van der Waals surface area contributed by atoms with Crippen molar-refractivity contribution in [2.24, 2.45) is 0 Å². The lowest BCUT2D eigenvalue weighted by Gasteiger charge is -2.42. The second-order valence-corrected chi connectivity index (χ2v) is 13.8. The zero-order chi connectivity index (χ0) is 24.3. The van der Waals surface area contributed by atoms with Crippen molar-refractivity contribution in [3.63, 3.8) is 0 Å². The topological polar surface area (TPSA) is 105 Å². The Morgan fingerprint density at radius 3 is 1.84 bits per heavy atom. The van der Waals surface area contributed by atoms with Crippen LogP contribution in [0.4, 0.5) is 11.4 Å². The lowest BCUT2D eigenvalue weighted by Crippen LogP contribution is -2.47. The van der Waals surface area contributed by atoms with Gasteiger partial charge in [0.15, 0.2) is 8.32 Å². The highest BCUT2D eigenvalue weighted by atomic mass is 28.4. The summed E-state index contributed by atoms with van der Waals surface area (Å²) in [5.74, 6) is 11.2. The third-order valence-electron chi connectivity index (χ3n) is 5.35. The fourth-order valence-corrected chi connectivity index (χ4v) is 9.59. The summed E-state index contributed by atoms with van der Waals surface area (Å²) in [5.41, 5.74) is 1.22. The fraction of sp³-hybridized carbons (Fsp3) is 0.565. The van der Waals surface area contributed by atoms with Crippen LogP contribution in [0.2, 0.25) is 16.6 Å². The number of hydrogen-bond donors (Lipinski definition) is 0. The van der Waals surface area contributed by atoms with Gasteiger partial charge in [0.2, 0.25) is 0 Å². The van der Waals surface area contributed by atoms with E-state index in [0.29, 0.717) is 35.2 Å². The van der Waals surface area contributed by atoms with E-state index in [9.17, 15) is 20.2 Å². The minimum Gasteiger partial charge on any atom is -0.415 e. The summed E-state index contributed by atoms with van der Waals surface area (Å²) in [6, 6.07) is 3.41. The van der Waals surface area contributed by atoms with Crippen molar-refractivity contribution in [2.75, 3.05) is 13.2 Å².